The highest BCUT2D eigenvalue weighted by atomic mass is 32.2. The van der Waals surface area contributed by atoms with Gasteiger partial charge in [-0.2, -0.15) is 11.8 Å². The molecule has 0 saturated carbocycles. The highest BCUT2D eigenvalue weighted by Crippen LogP contribution is 2.35. The summed E-state index contributed by atoms with van der Waals surface area (Å²) in [6.07, 6.45) is 3.88. The highest BCUT2D eigenvalue weighted by molar-refractivity contribution is 8.02. The Morgan fingerprint density at radius 3 is 2.67 bits per heavy atom. The lowest BCUT2D eigenvalue weighted by Gasteiger charge is -2.40. The zero-order valence-corrected chi connectivity index (χ0v) is 14.0. The lowest BCUT2D eigenvalue weighted by molar-refractivity contribution is 0.209. The maximum absolute atomic E-state index is 14.2. The van der Waals surface area contributed by atoms with Crippen LogP contribution < -0.4 is 10.5 Å². The fraction of sp³-hybridized carbons (Fsp3) is 0.533. The maximum atomic E-state index is 14.2. The Morgan fingerprint density at radius 2 is 2.14 bits per heavy atom. The van der Waals surface area contributed by atoms with Crippen LogP contribution in [0.4, 0.5) is 4.39 Å². The molecule has 3 nitrogen and oxygen atoms in total. The summed E-state index contributed by atoms with van der Waals surface area (Å²) in [4.78, 5) is 2.83. The van der Waals surface area contributed by atoms with Gasteiger partial charge in [-0.25, -0.2) is 4.39 Å². The predicted molar refractivity (Wildman–Crippen MR) is 90.5 cm³/mol. The van der Waals surface area contributed by atoms with E-state index in [9.17, 15) is 4.39 Å². The summed E-state index contributed by atoms with van der Waals surface area (Å²) in [7, 11) is 1.48. The molecule has 1 aliphatic heterocycles. The minimum absolute atomic E-state index is 0.0985. The predicted octanol–water partition coefficient (Wildman–Crippen LogP) is 2.82. The molecule has 0 radical (unpaired) electrons. The van der Waals surface area contributed by atoms with Gasteiger partial charge in [0.1, 0.15) is 0 Å². The van der Waals surface area contributed by atoms with Gasteiger partial charge in [-0.1, -0.05) is 24.4 Å². The first-order valence-electron chi connectivity index (χ1n) is 6.91. The van der Waals surface area contributed by atoms with Crippen molar-refractivity contribution in [2.45, 2.75) is 24.1 Å². The quantitative estimate of drug-likeness (QED) is 0.842. The van der Waals surface area contributed by atoms with Crippen molar-refractivity contribution in [1.29, 1.82) is 0 Å². The summed E-state index contributed by atoms with van der Waals surface area (Å²) in [6.45, 7) is 2.33. The third kappa shape index (κ3) is 3.49. The van der Waals surface area contributed by atoms with Crippen LogP contribution in [0, 0.1) is 5.82 Å². The average Bonchev–Trinajstić information content (AvgIpc) is 2.50. The van der Waals surface area contributed by atoms with Crippen molar-refractivity contribution >= 4 is 29.0 Å². The van der Waals surface area contributed by atoms with Crippen molar-refractivity contribution in [2.24, 2.45) is 5.73 Å². The van der Waals surface area contributed by atoms with E-state index in [2.05, 4.69) is 11.2 Å². The number of rotatable bonds is 5. The van der Waals surface area contributed by atoms with Crippen molar-refractivity contribution in [2.75, 3.05) is 26.5 Å². The Morgan fingerprint density at radius 1 is 1.48 bits per heavy atom. The molecule has 0 unspecified atom stereocenters. The first kappa shape index (κ1) is 16.5. The molecular formula is C15H21FN2OS2. The average molecular weight is 328 g/mol. The molecule has 1 saturated heterocycles. The summed E-state index contributed by atoms with van der Waals surface area (Å²) in [6, 6.07) is 5.27. The third-order valence-corrected chi connectivity index (χ3v) is 6.09. The fourth-order valence-electron chi connectivity index (χ4n) is 2.70. The Labute approximate surface area is 135 Å². The SMILES string of the molecule is COc1cccc(CN2CCC(SC)(C(N)=S)CC2)c1F. The molecule has 1 fully saturated rings. The van der Waals surface area contributed by atoms with Gasteiger partial charge in [0.25, 0.3) is 0 Å². The van der Waals surface area contributed by atoms with Crippen LogP contribution in [0.2, 0.25) is 0 Å². The zero-order chi connectivity index (χ0) is 15.5. The summed E-state index contributed by atoms with van der Waals surface area (Å²) < 4.78 is 19.1. The summed E-state index contributed by atoms with van der Waals surface area (Å²) in [5.41, 5.74) is 6.56. The van der Waals surface area contributed by atoms with Crippen molar-refractivity contribution in [1.82, 2.24) is 4.90 Å². The lowest BCUT2D eigenvalue weighted by Crippen LogP contribution is -2.49. The molecule has 1 aromatic carbocycles. The van der Waals surface area contributed by atoms with Gasteiger partial charge in [0.2, 0.25) is 0 Å². The molecule has 0 spiro atoms. The molecule has 116 valence electrons. The molecular weight excluding hydrogens is 307 g/mol. The molecule has 0 amide bonds. The van der Waals surface area contributed by atoms with E-state index in [1.165, 1.54) is 7.11 Å². The van der Waals surface area contributed by atoms with Crippen LogP contribution in [-0.4, -0.2) is 41.1 Å². The second-order valence-electron chi connectivity index (χ2n) is 5.27. The molecule has 0 aromatic heterocycles. The summed E-state index contributed by atoms with van der Waals surface area (Å²) in [5.74, 6) is 0.0298. The van der Waals surface area contributed by atoms with E-state index < -0.39 is 0 Å². The van der Waals surface area contributed by atoms with E-state index in [4.69, 9.17) is 22.7 Å². The number of thioether (sulfide) groups is 1. The van der Waals surface area contributed by atoms with Crippen LogP contribution in [-0.2, 0) is 6.54 Å². The molecule has 2 N–H and O–H groups in total. The molecule has 1 aromatic rings. The maximum Gasteiger partial charge on any atom is 0.169 e. The van der Waals surface area contributed by atoms with Gasteiger partial charge in [0.05, 0.1) is 16.8 Å². The Hall–Kier alpha value is -0.850. The Bertz CT molecular complexity index is 516. The molecule has 0 bridgehead atoms. The van der Waals surface area contributed by atoms with Gasteiger partial charge in [0, 0.05) is 25.2 Å². The number of likely N-dealkylation sites (tertiary alicyclic amines) is 1. The van der Waals surface area contributed by atoms with Crippen LogP contribution in [0.1, 0.15) is 18.4 Å². The van der Waals surface area contributed by atoms with E-state index in [1.54, 1.807) is 17.8 Å². The first-order chi connectivity index (χ1) is 10.0. The number of nitrogens with zero attached hydrogens (tertiary/aromatic N) is 1. The van der Waals surface area contributed by atoms with Gasteiger partial charge in [-0.3, -0.25) is 4.90 Å². The lowest BCUT2D eigenvalue weighted by atomic mass is 9.95. The van der Waals surface area contributed by atoms with Gasteiger partial charge >= 0.3 is 0 Å². The Kier molecular flexibility index (Phi) is 5.46. The Balaban J connectivity index is 2.03. The number of nitrogens with two attached hydrogens (primary N) is 1. The van der Waals surface area contributed by atoms with Gasteiger partial charge in [-0.15, -0.1) is 0 Å². The second kappa shape index (κ2) is 6.94. The molecule has 21 heavy (non-hydrogen) atoms. The number of benzene rings is 1. The van der Waals surface area contributed by atoms with Crippen LogP contribution in [0.5, 0.6) is 5.75 Å². The molecule has 1 heterocycles. The number of thiocarbonyl (C=S) groups is 1. The smallest absolute Gasteiger partial charge is 0.169 e. The molecule has 0 aliphatic carbocycles. The number of piperidine rings is 1. The van der Waals surface area contributed by atoms with Gasteiger partial charge in [-0.05, 0) is 25.2 Å². The third-order valence-electron chi connectivity index (χ3n) is 4.16. The number of hydrogen-bond donors (Lipinski definition) is 1. The largest absolute Gasteiger partial charge is 0.494 e. The normalized spacial score (nSPS) is 18.4. The molecule has 2 rings (SSSR count). The minimum atomic E-state index is -0.268. The standard InChI is InChI=1S/C15H21FN2OS2/c1-19-12-5-3-4-11(13(12)16)10-18-8-6-15(21-2,7-9-18)14(17)20/h3-5H,6-10H2,1-2H3,(H2,17,20). The number of ether oxygens (including phenoxy) is 1. The molecule has 0 atom stereocenters. The summed E-state index contributed by atoms with van der Waals surface area (Å²) >= 11 is 6.94. The van der Waals surface area contributed by atoms with Crippen molar-refractivity contribution < 1.29 is 9.13 Å². The van der Waals surface area contributed by atoms with Crippen LogP contribution in [0.15, 0.2) is 18.2 Å². The van der Waals surface area contributed by atoms with E-state index >= 15 is 0 Å². The number of methoxy groups -OCH3 is 1. The van der Waals surface area contributed by atoms with Crippen molar-refractivity contribution in [3.05, 3.63) is 29.6 Å². The van der Waals surface area contributed by atoms with Crippen LogP contribution >= 0.6 is 24.0 Å². The van der Waals surface area contributed by atoms with E-state index in [0.29, 0.717) is 22.8 Å². The number of halogens is 1. The summed E-state index contributed by atoms with van der Waals surface area (Å²) in [5, 5.41) is 0. The molecule has 1 aliphatic rings. The van der Waals surface area contributed by atoms with E-state index in [0.717, 1.165) is 25.9 Å². The van der Waals surface area contributed by atoms with Gasteiger partial charge in [0.15, 0.2) is 11.6 Å². The van der Waals surface area contributed by atoms with Gasteiger partial charge < -0.3 is 10.5 Å². The highest BCUT2D eigenvalue weighted by Gasteiger charge is 2.36. The van der Waals surface area contributed by atoms with Crippen LogP contribution in [0.3, 0.4) is 0 Å². The first-order valence-corrected chi connectivity index (χ1v) is 8.54. The zero-order valence-electron chi connectivity index (χ0n) is 12.4. The minimum Gasteiger partial charge on any atom is -0.494 e. The monoisotopic (exact) mass is 328 g/mol. The topological polar surface area (TPSA) is 38.5 Å². The fourth-order valence-corrected chi connectivity index (χ4v) is 3.95. The van der Waals surface area contributed by atoms with Crippen molar-refractivity contribution in [3.63, 3.8) is 0 Å². The van der Waals surface area contributed by atoms with Crippen LogP contribution in [0.25, 0.3) is 0 Å². The van der Waals surface area contributed by atoms with Crippen molar-refractivity contribution in [3.8, 4) is 5.75 Å². The molecule has 6 heteroatoms. The number of hydrogen-bond acceptors (Lipinski definition) is 4. The van der Waals surface area contributed by atoms with E-state index in [1.807, 2.05) is 12.1 Å². The van der Waals surface area contributed by atoms with E-state index in [-0.39, 0.29) is 10.6 Å². The second-order valence-corrected chi connectivity index (χ2v) is 6.90.